The summed E-state index contributed by atoms with van der Waals surface area (Å²) in [7, 11) is 0. The van der Waals surface area contributed by atoms with Crippen molar-refractivity contribution in [3.8, 4) is 0 Å². The van der Waals surface area contributed by atoms with Crippen LogP contribution in [-0.2, 0) is 0 Å². The van der Waals surface area contributed by atoms with Gasteiger partial charge in [0.05, 0.1) is 0 Å². The number of rotatable bonds is 3. The van der Waals surface area contributed by atoms with Gasteiger partial charge in [-0.3, -0.25) is 0 Å². The number of hydrogen-bond donors (Lipinski definition) is 1. The molecule has 9 heavy (non-hydrogen) atoms. The van der Waals surface area contributed by atoms with Crippen LogP contribution in [0.1, 0.15) is 27.2 Å². The van der Waals surface area contributed by atoms with E-state index in [4.69, 9.17) is 5.11 Å². The molecular formula is C8H17O. The van der Waals surface area contributed by atoms with Crippen molar-refractivity contribution in [2.75, 3.05) is 6.61 Å². The molecule has 0 aromatic heterocycles. The predicted octanol–water partition coefficient (Wildman–Crippen LogP) is 1.87. The zero-order chi connectivity index (χ0) is 7.49. The highest BCUT2D eigenvalue weighted by molar-refractivity contribution is 4.72. The molecule has 1 atom stereocenters. The Morgan fingerprint density at radius 3 is 2.11 bits per heavy atom. The van der Waals surface area contributed by atoms with Crippen LogP contribution in [0.4, 0.5) is 0 Å². The van der Waals surface area contributed by atoms with Crippen molar-refractivity contribution in [2.24, 2.45) is 11.3 Å². The fraction of sp³-hybridized carbons (Fsp3) is 0.875. The zero-order valence-corrected chi connectivity index (χ0v) is 6.65. The standard InChI is InChI=1S/C8H17O/c1-7(6-9)5-8(2,3)4/h7,9H,2,5-6H2,1,3-4H3. The first kappa shape index (κ1) is 8.96. The Balaban J connectivity index is 3.47. The topological polar surface area (TPSA) is 20.2 Å². The van der Waals surface area contributed by atoms with Gasteiger partial charge in [-0.15, -0.1) is 0 Å². The van der Waals surface area contributed by atoms with E-state index in [1.165, 1.54) is 0 Å². The van der Waals surface area contributed by atoms with Crippen molar-refractivity contribution >= 4 is 0 Å². The second-order valence-electron chi connectivity index (χ2n) is 3.66. The largest absolute Gasteiger partial charge is 0.396 e. The summed E-state index contributed by atoms with van der Waals surface area (Å²) in [6.45, 7) is 10.4. The molecule has 0 aliphatic rings. The average Bonchev–Trinajstić information content (AvgIpc) is 1.62. The van der Waals surface area contributed by atoms with E-state index in [0.717, 1.165) is 6.42 Å². The van der Waals surface area contributed by atoms with E-state index in [0.29, 0.717) is 5.92 Å². The molecule has 0 spiro atoms. The van der Waals surface area contributed by atoms with E-state index < -0.39 is 0 Å². The van der Waals surface area contributed by atoms with Crippen LogP contribution in [0.3, 0.4) is 0 Å². The van der Waals surface area contributed by atoms with Crippen molar-refractivity contribution in [2.45, 2.75) is 27.2 Å². The quantitative estimate of drug-likeness (QED) is 0.616. The molecule has 0 saturated heterocycles. The molecule has 1 heteroatoms. The Hall–Kier alpha value is -0.0400. The summed E-state index contributed by atoms with van der Waals surface area (Å²) in [6, 6.07) is 0. The van der Waals surface area contributed by atoms with Gasteiger partial charge in [0.2, 0.25) is 0 Å². The van der Waals surface area contributed by atoms with Crippen LogP contribution in [-0.4, -0.2) is 11.7 Å². The normalized spacial score (nSPS) is 15.7. The van der Waals surface area contributed by atoms with Crippen LogP contribution in [0.15, 0.2) is 0 Å². The van der Waals surface area contributed by atoms with Crippen molar-refractivity contribution in [3.05, 3.63) is 6.92 Å². The molecule has 0 aliphatic carbocycles. The van der Waals surface area contributed by atoms with Gasteiger partial charge < -0.3 is 5.11 Å². The van der Waals surface area contributed by atoms with E-state index in [-0.39, 0.29) is 12.0 Å². The molecule has 0 saturated carbocycles. The third-order valence-corrected chi connectivity index (χ3v) is 1.21. The molecule has 1 nitrogen and oxygen atoms in total. The van der Waals surface area contributed by atoms with E-state index in [2.05, 4.69) is 20.8 Å². The van der Waals surface area contributed by atoms with E-state index in [9.17, 15) is 0 Å². The van der Waals surface area contributed by atoms with Gasteiger partial charge in [0.1, 0.15) is 0 Å². The lowest BCUT2D eigenvalue weighted by molar-refractivity contribution is 0.200. The maximum atomic E-state index is 8.67. The molecule has 0 aliphatic heterocycles. The van der Waals surface area contributed by atoms with Crippen LogP contribution in [0.25, 0.3) is 0 Å². The van der Waals surface area contributed by atoms with Gasteiger partial charge in [0, 0.05) is 6.61 Å². The third-order valence-electron chi connectivity index (χ3n) is 1.21. The van der Waals surface area contributed by atoms with Gasteiger partial charge >= 0.3 is 0 Å². The number of aliphatic hydroxyl groups is 1. The summed E-state index contributed by atoms with van der Waals surface area (Å²) in [5, 5.41) is 8.67. The highest BCUT2D eigenvalue weighted by Crippen LogP contribution is 2.22. The predicted molar refractivity (Wildman–Crippen MR) is 40.0 cm³/mol. The van der Waals surface area contributed by atoms with Crippen molar-refractivity contribution < 1.29 is 5.11 Å². The Bertz CT molecular complexity index is 71.1. The molecule has 1 unspecified atom stereocenters. The van der Waals surface area contributed by atoms with Gasteiger partial charge in [0.25, 0.3) is 0 Å². The summed E-state index contributed by atoms with van der Waals surface area (Å²) in [4.78, 5) is 0. The minimum atomic E-state index is 0.113. The molecule has 1 radical (unpaired) electrons. The van der Waals surface area contributed by atoms with E-state index in [1.807, 2.05) is 6.92 Å². The summed E-state index contributed by atoms with van der Waals surface area (Å²) in [5.74, 6) is 0.387. The van der Waals surface area contributed by atoms with Gasteiger partial charge in [0.15, 0.2) is 0 Å². The van der Waals surface area contributed by atoms with Crippen molar-refractivity contribution in [3.63, 3.8) is 0 Å². The maximum absolute atomic E-state index is 8.67. The molecule has 0 amide bonds. The Labute approximate surface area is 58.1 Å². The Kier molecular flexibility index (Phi) is 3.20. The van der Waals surface area contributed by atoms with Gasteiger partial charge in [-0.2, -0.15) is 0 Å². The van der Waals surface area contributed by atoms with Crippen molar-refractivity contribution in [1.29, 1.82) is 0 Å². The van der Waals surface area contributed by atoms with Crippen molar-refractivity contribution in [1.82, 2.24) is 0 Å². The summed E-state index contributed by atoms with van der Waals surface area (Å²) in [5.41, 5.74) is 0.113. The SMILES string of the molecule is [CH2]C(C)(C)CC(C)CO. The molecule has 0 aromatic rings. The molecule has 0 heterocycles. The third kappa shape index (κ3) is 5.84. The van der Waals surface area contributed by atoms with Crippen LogP contribution in [0, 0.1) is 18.3 Å². The van der Waals surface area contributed by atoms with Crippen LogP contribution >= 0.6 is 0 Å². The smallest absolute Gasteiger partial charge is 0.0456 e. The summed E-state index contributed by atoms with van der Waals surface area (Å²) >= 11 is 0. The molecule has 0 rings (SSSR count). The number of hydrogen-bond acceptors (Lipinski definition) is 1. The Morgan fingerprint density at radius 2 is 2.00 bits per heavy atom. The van der Waals surface area contributed by atoms with Crippen LogP contribution in [0.2, 0.25) is 0 Å². The second-order valence-corrected chi connectivity index (χ2v) is 3.66. The van der Waals surface area contributed by atoms with Crippen LogP contribution < -0.4 is 0 Å². The maximum Gasteiger partial charge on any atom is 0.0456 e. The van der Waals surface area contributed by atoms with Crippen LogP contribution in [0.5, 0.6) is 0 Å². The molecule has 55 valence electrons. The lowest BCUT2D eigenvalue weighted by atomic mass is 9.86. The molecule has 0 fully saturated rings. The van der Waals surface area contributed by atoms with E-state index >= 15 is 0 Å². The highest BCUT2D eigenvalue weighted by Gasteiger charge is 2.13. The number of aliphatic hydroxyl groups excluding tert-OH is 1. The fourth-order valence-corrected chi connectivity index (χ4v) is 1.01. The Morgan fingerprint density at radius 1 is 1.56 bits per heavy atom. The molecule has 0 bridgehead atoms. The average molecular weight is 129 g/mol. The lowest BCUT2D eigenvalue weighted by Crippen LogP contribution is -2.13. The summed E-state index contributed by atoms with van der Waals surface area (Å²) < 4.78 is 0. The second kappa shape index (κ2) is 3.21. The first-order chi connectivity index (χ1) is 3.95. The first-order valence-electron chi connectivity index (χ1n) is 3.42. The minimum absolute atomic E-state index is 0.113. The highest BCUT2D eigenvalue weighted by atomic mass is 16.3. The minimum Gasteiger partial charge on any atom is -0.396 e. The fourth-order valence-electron chi connectivity index (χ4n) is 1.01. The van der Waals surface area contributed by atoms with Gasteiger partial charge in [-0.25, -0.2) is 0 Å². The molecular weight excluding hydrogens is 112 g/mol. The molecule has 0 aromatic carbocycles. The zero-order valence-electron chi connectivity index (χ0n) is 6.65. The molecule has 1 N–H and O–H groups in total. The lowest BCUT2D eigenvalue weighted by Gasteiger charge is -2.21. The summed E-state index contributed by atoms with van der Waals surface area (Å²) in [6.07, 6.45) is 0.990. The van der Waals surface area contributed by atoms with Gasteiger partial charge in [-0.1, -0.05) is 20.8 Å². The monoisotopic (exact) mass is 129 g/mol. The van der Waals surface area contributed by atoms with E-state index in [1.54, 1.807) is 0 Å². The van der Waals surface area contributed by atoms with Gasteiger partial charge in [-0.05, 0) is 24.7 Å². The first-order valence-corrected chi connectivity index (χ1v) is 3.42.